The van der Waals surface area contributed by atoms with Crippen LogP contribution in [0.4, 0.5) is 0 Å². The molecule has 1 fully saturated rings. The van der Waals surface area contributed by atoms with Crippen LogP contribution in [0.2, 0.25) is 0 Å². The molecule has 2 aromatic heterocycles. The minimum absolute atomic E-state index is 0.0882. The molecule has 0 bridgehead atoms. The van der Waals surface area contributed by atoms with Crippen LogP contribution in [0.25, 0.3) is 10.9 Å². The summed E-state index contributed by atoms with van der Waals surface area (Å²) in [5, 5.41) is 13.6. The smallest absolute Gasteiger partial charge is 0.252 e. The molecule has 2 aromatic carbocycles. The highest BCUT2D eigenvalue weighted by atomic mass is 16.7. The Hall–Kier alpha value is -3.76. The minimum Gasteiger partial charge on any atom is -0.454 e. The summed E-state index contributed by atoms with van der Waals surface area (Å²) in [6.45, 7) is 4.79. The molecule has 0 unspecified atom stereocenters. The van der Waals surface area contributed by atoms with E-state index in [0.717, 1.165) is 48.2 Å². The van der Waals surface area contributed by atoms with Gasteiger partial charge in [-0.05, 0) is 47.4 Å². The van der Waals surface area contributed by atoms with Gasteiger partial charge in [-0.1, -0.05) is 37.3 Å². The Balaban J connectivity index is 1.33. The SMILES string of the molecule is CC[C@H](c1nnnn1Cc1ccccc1)N(Cc1cc2cc3c(cc2[nH]c1=O)OCO3)C[C@H]1CCCO1. The molecule has 2 aliphatic heterocycles. The number of H-pyrrole nitrogens is 1. The molecule has 0 saturated carbocycles. The van der Waals surface area contributed by atoms with E-state index in [0.29, 0.717) is 36.7 Å². The molecule has 4 aromatic rings. The molecule has 6 rings (SSSR count). The number of nitrogens with one attached hydrogen (secondary N) is 1. The van der Waals surface area contributed by atoms with Gasteiger partial charge in [-0.3, -0.25) is 9.69 Å². The fraction of sp³-hybridized carbons (Fsp3) is 0.407. The molecule has 10 heteroatoms. The predicted octanol–water partition coefficient (Wildman–Crippen LogP) is 3.42. The maximum absolute atomic E-state index is 13.2. The van der Waals surface area contributed by atoms with Crippen molar-refractivity contribution in [3.8, 4) is 11.5 Å². The number of rotatable bonds is 9. The highest BCUT2D eigenvalue weighted by molar-refractivity contribution is 5.83. The Bertz CT molecular complexity index is 1430. The first-order valence-corrected chi connectivity index (χ1v) is 12.8. The second kappa shape index (κ2) is 10.3. The summed E-state index contributed by atoms with van der Waals surface area (Å²) in [5.41, 5.74) is 2.40. The molecule has 4 heterocycles. The normalized spacial score (nSPS) is 17.6. The van der Waals surface area contributed by atoms with Crippen molar-refractivity contribution in [2.75, 3.05) is 19.9 Å². The minimum atomic E-state index is -0.123. The van der Waals surface area contributed by atoms with Crippen molar-refractivity contribution in [1.29, 1.82) is 0 Å². The Morgan fingerprint density at radius 2 is 2.00 bits per heavy atom. The van der Waals surface area contributed by atoms with Crippen LogP contribution in [-0.4, -0.2) is 56.1 Å². The van der Waals surface area contributed by atoms with Gasteiger partial charge < -0.3 is 19.2 Å². The lowest BCUT2D eigenvalue weighted by Crippen LogP contribution is -2.37. The van der Waals surface area contributed by atoms with Crippen LogP contribution in [0.15, 0.2) is 53.3 Å². The summed E-state index contributed by atoms with van der Waals surface area (Å²) in [4.78, 5) is 18.5. The molecule has 37 heavy (non-hydrogen) atoms. The molecule has 2 atom stereocenters. The number of tetrazole rings is 1. The largest absolute Gasteiger partial charge is 0.454 e. The molecule has 0 spiro atoms. The number of aromatic amines is 1. The Morgan fingerprint density at radius 1 is 1.16 bits per heavy atom. The van der Waals surface area contributed by atoms with Crippen LogP contribution in [-0.2, 0) is 17.8 Å². The molecule has 0 radical (unpaired) electrons. The number of pyridine rings is 1. The lowest BCUT2D eigenvalue weighted by Gasteiger charge is -2.32. The van der Waals surface area contributed by atoms with E-state index in [-0.39, 0.29) is 24.5 Å². The average Bonchev–Trinajstić information content (AvgIpc) is 3.68. The van der Waals surface area contributed by atoms with Crippen molar-refractivity contribution < 1.29 is 14.2 Å². The average molecular weight is 503 g/mol. The number of benzene rings is 2. The zero-order valence-corrected chi connectivity index (χ0v) is 20.8. The second-order valence-electron chi connectivity index (χ2n) is 9.59. The van der Waals surface area contributed by atoms with Gasteiger partial charge in [-0.15, -0.1) is 5.10 Å². The molecule has 0 aliphatic carbocycles. The van der Waals surface area contributed by atoms with E-state index in [2.05, 4.69) is 44.5 Å². The Morgan fingerprint density at radius 3 is 2.78 bits per heavy atom. The van der Waals surface area contributed by atoms with E-state index < -0.39 is 0 Å². The zero-order valence-electron chi connectivity index (χ0n) is 20.8. The van der Waals surface area contributed by atoms with Gasteiger partial charge in [0, 0.05) is 36.7 Å². The first kappa shape index (κ1) is 23.6. The van der Waals surface area contributed by atoms with Crippen LogP contribution in [0.3, 0.4) is 0 Å². The maximum atomic E-state index is 13.2. The fourth-order valence-electron chi connectivity index (χ4n) is 5.25. The second-order valence-corrected chi connectivity index (χ2v) is 9.59. The molecule has 1 N–H and O–H groups in total. The van der Waals surface area contributed by atoms with E-state index in [1.807, 2.05) is 41.1 Å². The van der Waals surface area contributed by atoms with Crippen molar-refractivity contribution in [2.24, 2.45) is 0 Å². The van der Waals surface area contributed by atoms with Crippen molar-refractivity contribution >= 4 is 10.9 Å². The third kappa shape index (κ3) is 4.94. The monoisotopic (exact) mass is 502 g/mol. The molecule has 192 valence electrons. The maximum Gasteiger partial charge on any atom is 0.252 e. The van der Waals surface area contributed by atoms with Gasteiger partial charge >= 0.3 is 0 Å². The molecule has 2 aliphatic rings. The van der Waals surface area contributed by atoms with Gasteiger partial charge in [0.2, 0.25) is 6.79 Å². The van der Waals surface area contributed by atoms with Crippen LogP contribution in [0.1, 0.15) is 49.2 Å². The summed E-state index contributed by atoms with van der Waals surface area (Å²) in [7, 11) is 0. The van der Waals surface area contributed by atoms with E-state index >= 15 is 0 Å². The van der Waals surface area contributed by atoms with E-state index in [1.165, 1.54) is 0 Å². The molecular weight excluding hydrogens is 472 g/mol. The number of nitrogens with zero attached hydrogens (tertiary/aromatic N) is 5. The Labute approximate surface area is 214 Å². The van der Waals surface area contributed by atoms with Gasteiger partial charge in [0.05, 0.1) is 24.2 Å². The molecule has 10 nitrogen and oxygen atoms in total. The highest BCUT2D eigenvalue weighted by Crippen LogP contribution is 2.35. The number of hydrogen-bond acceptors (Lipinski definition) is 8. The van der Waals surface area contributed by atoms with Crippen molar-refractivity contribution in [2.45, 2.75) is 51.4 Å². The van der Waals surface area contributed by atoms with Gasteiger partial charge in [0.1, 0.15) is 0 Å². The highest BCUT2D eigenvalue weighted by Gasteiger charge is 2.29. The first-order valence-electron chi connectivity index (χ1n) is 12.8. The number of ether oxygens (including phenoxy) is 3. The van der Waals surface area contributed by atoms with Gasteiger partial charge in [0.25, 0.3) is 5.56 Å². The standard InChI is InChI=1S/C27H30N6O4/c1-2-23(26-29-30-31-33(26)14-18-7-4-3-5-8-18)32(16-21-9-6-10-35-21)15-20-11-19-12-24-25(37-17-36-24)13-22(19)28-27(20)34/h3-5,7-8,11-13,21,23H,2,6,9-10,14-17H2,1H3,(H,28,34)/t21-,23-/m1/s1. The van der Waals surface area contributed by atoms with Crippen LogP contribution in [0, 0.1) is 0 Å². The molecular formula is C27H30N6O4. The van der Waals surface area contributed by atoms with Gasteiger partial charge in [-0.25, -0.2) is 4.68 Å². The summed E-state index contributed by atoms with van der Waals surface area (Å²) in [6, 6.07) is 15.7. The summed E-state index contributed by atoms with van der Waals surface area (Å²) >= 11 is 0. The molecule has 1 saturated heterocycles. The summed E-state index contributed by atoms with van der Waals surface area (Å²) < 4.78 is 18.9. The van der Waals surface area contributed by atoms with Gasteiger partial charge in [0.15, 0.2) is 17.3 Å². The lowest BCUT2D eigenvalue weighted by atomic mass is 10.1. The van der Waals surface area contributed by atoms with E-state index in [1.54, 1.807) is 0 Å². The predicted molar refractivity (Wildman–Crippen MR) is 136 cm³/mol. The van der Waals surface area contributed by atoms with Gasteiger partial charge in [-0.2, -0.15) is 0 Å². The van der Waals surface area contributed by atoms with Crippen molar-refractivity contribution in [1.82, 2.24) is 30.1 Å². The number of hydrogen-bond donors (Lipinski definition) is 1. The van der Waals surface area contributed by atoms with E-state index in [9.17, 15) is 4.79 Å². The number of aromatic nitrogens is 5. The van der Waals surface area contributed by atoms with Crippen LogP contribution >= 0.6 is 0 Å². The quantitative estimate of drug-likeness (QED) is 0.371. The van der Waals surface area contributed by atoms with Crippen LogP contribution in [0.5, 0.6) is 11.5 Å². The fourth-order valence-corrected chi connectivity index (χ4v) is 5.25. The topological polar surface area (TPSA) is 107 Å². The van der Waals surface area contributed by atoms with Crippen LogP contribution < -0.4 is 15.0 Å². The third-order valence-electron chi connectivity index (χ3n) is 7.11. The lowest BCUT2D eigenvalue weighted by molar-refractivity contribution is 0.0489. The zero-order chi connectivity index (χ0) is 25.2. The summed E-state index contributed by atoms with van der Waals surface area (Å²) in [5.74, 6) is 2.12. The van der Waals surface area contributed by atoms with Crippen molar-refractivity contribution in [3.05, 3.63) is 75.8 Å². The Kier molecular flexibility index (Phi) is 6.58. The number of fused-ring (bicyclic) bond motifs is 2. The first-order chi connectivity index (χ1) is 18.2. The van der Waals surface area contributed by atoms with Crippen molar-refractivity contribution in [3.63, 3.8) is 0 Å². The molecule has 0 amide bonds. The van der Waals surface area contributed by atoms with E-state index in [4.69, 9.17) is 14.2 Å². The third-order valence-corrected chi connectivity index (χ3v) is 7.11. The summed E-state index contributed by atoms with van der Waals surface area (Å²) in [6.07, 6.45) is 2.94.